The van der Waals surface area contributed by atoms with E-state index < -0.39 is 5.79 Å². The van der Waals surface area contributed by atoms with Gasteiger partial charge in [-0.1, -0.05) is 34.1 Å². The highest BCUT2D eigenvalue weighted by Gasteiger charge is 2.34. The van der Waals surface area contributed by atoms with Gasteiger partial charge in [-0.3, -0.25) is 0 Å². The molecule has 2 nitrogen and oxygen atoms in total. The molecule has 3 heteroatoms. The molecule has 0 spiro atoms. The number of halogens is 1. The maximum Gasteiger partial charge on any atom is 0.192 e. The monoisotopic (exact) mass is 330 g/mol. The predicted molar refractivity (Wildman–Crippen MR) is 81.6 cm³/mol. The van der Waals surface area contributed by atoms with Gasteiger partial charge in [-0.25, -0.2) is 0 Å². The zero-order valence-corrected chi connectivity index (χ0v) is 12.9. The summed E-state index contributed by atoms with van der Waals surface area (Å²) in [4.78, 5) is 0. The van der Waals surface area contributed by atoms with Crippen LogP contribution in [0.3, 0.4) is 0 Å². The van der Waals surface area contributed by atoms with Crippen molar-refractivity contribution in [3.63, 3.8) is 0 Å². The molecule has 0 saturated carbocycles. The molecule has 1 fully saturated rings. The van der Waals surface area contributed by atoms with Gasteiger partial charge in [0.15, 0.2) is 5.79 Å². The van der Waals surface area contributed by atoms with Gasteiger partial charge in [0, 0.05) is 10.0 Å². The summed E-state index contributed by atoms with van der Waals surface area (Å²) in [5.41, 5.74) is 6.52. The third kappa shape index (κ3) is 1.85. The van der Waals surface area contributed by atoms with E-state index in [0.717, 1.165) is 16.5 Å². The summed E-state index contributed by atoms with van der Waals surface area (Å²) in [6, 6.07) is 13.1. The third-order valence-corrected chi connectivity index (χ3v) is 4.70. The molecule has 0 bridgehead atoms. The Morgan fingerprint density at radius 2 is 1.60 bits per heavy atom. The molecule has 2 aromatic carbocycles. The van der Waals surface area contributed by atoms with Crippen molar-refractivity contribution in [3.8, 4) is 11.1 Å². The Kier molecular flexibility index (Phi) is 2.78. The SMILES string of the molecule is CC1(c2ccc3c(c2)Cc2cc(Br)ccc2-3)OCCO1. The van der Waals surface area contributed by atoms with E-state index in [1.807, 2.05) is 6.92 Å². The molecule has 0 unspecified atom stereocenters. The van der Waals surface area contributed by atoms with Crippen molar-refractivity contribution in [2.45, 2.75) is 19.1 Å². The van der Waals surface area contributed by atoms with Crippen LogP contribution in [0.15, 0.2) is 40.9 Å². The Hall–Kier alpha value is -1.16. The predicted octanol–water partition coefficient (Wildman–Crippen LogP) is 4.24. The van der Waals surface area contributed by atoms with E-state index in [1.54, 1.807) is 0 Å². The Balaban J connectivity index is 1.78. The normalized spacial score (nSPS) is 18.9. The fourth-order valence-corrected chi connectivity index (χ4v) is 3.55. The second-order valence-corrected chi connectivity index (χ2v) is 6.41. The Morgan fingerprint density at radius 3 is 2.35 bits per heavy atom. The molecule has 102 valence electrons. The van der Waals surface area contributed by atoms with Crippen LogP contribution >= 0.6 is 15.9 Å². The average molecular weight is 331 g/mol. The number of benzene rings is 2. The summed E-state index contributed by atoms with van der Waals surface area (Å²) in [5.74, 6) is -0.579. The number of hydrogen-bond donors (Lipinski definition) is 0. The van der Waals surface area contributed by atoms with E-state index in [4.69, 9.17) is 9.47 Å². The van der Waals surface area contributed by atoms with Gasteiger partial charge in [-0.15, -0.1) is 0 Å². The Morgan fingerprint density at radius 1 is 0.950 bits per heavy atom. The molecule has 1 saturated heterocycles. The van der Waals surface area contributed by atoms with E-state index in [2.05, 4.69) is 52.3 Å². The average Bonchev–Trinajstić information content (AvgIpc) is 3.01. The summed E-state index contributed by atoms with van der Waals surface area (Å²) in [7, 11) is 0. The van der Waals surface area contributed by atoms with Crippen LogP contribution in [-0.2, 0) is 21.7 Å². The van der Waals surface area contributed by atoms with E-state index in [-0.39, 0.29) is 0 Å². The van der Waals surface area contributed by atoms with Crippen molar-refractivity contribution < 1.29 is 9.47 Å². The van der Waals surface area contributed by atoms with Crippen LogP contribution in [0, 0.1) is 0 Å². The van der Waals surface area contributed by atoms with Crippen LogP contribution in [-0.4, -0.2) is 13.2 Å². The van der Waals surface area contributed by atoms with Gasteiger partial charge in [0.2, 0.25) is 0 Å². The lowest BCUT2D eigenvalue weighted by molar-refractivity contribution is -0.149. The Labute approximate surface area is 126 Å². The molecule has 20 heavy (non-hydrogen) atoms. The maximum atomic E-state index is 5.75. The van der Waals surface area contributed by atoms with Gasteiger partial charge in [0.1, 0.15) is 0 Å². The lowest BCUT2D eigenvalue weighted by atomic mass is 10.00. The molecule has 1 heterocycles. The minimum atomic E-state index is -0.579. The lowest BCUT2D eigenvalue weighted by Crippen LogP contribution is -2.22. The molecule has 2 aliphatic rings. The van der Waals surface area contributed by atoms with Crippen LogP contribution in [0.5, 0.6) is 0 Å². The first kappa shape index (κ1) is 12.6. The van der Waals surface area contributed by atoms with Crippen molar-refractivity contribution in [2.75, 3.05) is 13.2 Å². The highest BCUT2D eigenvalue weighted by Crippen LogP contribution is 2.40. The van der Waals surface area contributed by atoms with Crippen molar-refractivity contribution in [1.82, 2.24) is 0 Å². The van der Waals surface area contributed by atoms with E-state index >= 15 is 0 Å². The van der Waals surface area contributed by atoms with Gasteiger partial charge < -0.3 is 9.47 Å². The molecule has 0 N–H and O–H groups in total. The fraction of sp³-hybridized carbons (Fsp3) is 0.294. The molecule has 0 radical (unpaired) electrons. The zero-order chi connectivity index (χ0) is 13.7. The second kappa shape index (κ2) is 4.42. The van der Waals surface area contributed by atoms with Crippen LogP contribution in [0.4, 0.5) is 0 Å². The number of ether oxygens (including phenoxy) is 2. The maximum absolute atomic E-state index is 5.75. The van der Waals surface area contributed by atoms with Gasteiger partial charge in [-0.05, 0) is 53.8 Å². The largest absolute Gasteiger partial charge is 0.344 e. The minimum Gasteiger partial charge on any atom is -0.344 e. The Bertz CT molecular complexity index is 687. The van der Waals surface area contributed by atoms with Crippen LogP contribution < -0.4 is 0 Å². The second-order valence-electron chi connectivity index (χ2n) is 5.49. The number of rotatable bonds is 1. The highest BCUT2D eigenvalue weighted by atomic mass is 79.9. The summed E-state index contributed by atoms with van der Waals surface area (Å²) in [5, 5.41) is 0. The molecule has 0 atom stereocenters. The highest BCUT2D eigenvalue weighted by molar-refractivity contribution is 9.10. The summed E-state index contributed by atoms with van der Waals surface area (Å²) >= 11 is 3.55. The number of fused-ring (bicyclic) bond motifs is 3. The topological polar surface area (TPSA) is 18.5 Å². The first-order valence-corrected chi connectivity index (χ1v) is 7.65. The molecular weight excluding hydrogens is 316 g/mol. The molecule has 2 aromatic rings. The number of hydrogen-bond acceptors (Lipinski definition) is 2. The van der Waals surface area contributed by atoms with Gasteiger partial charge in [-0.2, -0.15) is 0 Å². The van der Waals surface area contributed by atoms with Crippen molar-refractivity contribution in [3.05, 3.63) is 57.6 Å². The third-order valence-electron chi connectivity index (χ3n) is 4.21. The molecule has 1 aliphatic carbocycles. The smallest absolute Gasteiger partial charge is 0.192 e. The minimum absolute atomic E-state index is 0.579. The summed E-state index contributed by atoms with van der Waals surface area (Å²) < 4.78 is 12.6. The van der Waals surface area contributed by atoms with Gasteiger partial charge in [0.05, 0.1) is 13.2 Å². The van der Waals surface area contributed by atoms with E-state index in [1.165, 1.54) is 22.3 Å². The molecule has 0 amide bonds. The van der Waals surface area contributed by atoms with Gasteiger partial charge >= 0.3 is 0 Å². The van der Waals surface area contributed by atoms with Crippen LogP contribution in [0.1, 0.15) is 23.6 Å². The summed E-state index contributed by atoms with van der Waals surface area (Å²) in [6.07, 6.45) is 0.980. The quantitative estimate of drug-likeness (QED) is 0.664. The first-order valence-electron chi connectivity index (χ1n) is 6.86. The van der Waals surface area contributed by atoms with Crippen LogP contribution in [0.25, 0.3) is 11.1 Å². The molecule has 4 rings (SSSR count). The summed E-state index contributed by atoms with van der Waals surface area (Å²) in [6.45, 7) is 3.34. The van der Waals surface area contributed by atoms with E-state index in [9.17, 15) is 0 Å². The van der Waals surface area contributed by atoms with E-state index in [0.29, 0.717) is 13.2 Å². The fourth-order valence-electron chi connectivity index (χ4n) is 3.14. The zero-order valence-electron chi connectivity index (χ0n) is 11.3. The van der Waals surface area contributed by atoms with Crippen molar-refractivity contribution in [2.24, 2.45) is 0 Å². The standard InChI is InChI=1S/C17H15BrO2/c1-17(19-6-7-20-17)13-2-4-15-11(9-13)8-12-10-14(18)3-5-16(12)15/h2-5,9-10H,6-8H2,1H3. The molecular formula is C17H15BrO2. The molecule has 0 aromatic heterocycles. The van der Waals surface area contributed by atoms with Crippen molar-refractivity contribution >= 4 is 15.9 Å². The first-order chi connectivity index (χ1) is 9.66. The van der Waals surface area contributed by atoms with Gasteiger partial charge in [0.25, 0.3) is 0 Å². The van der Waals surface area contributed by atoms with Crippen molar-refractivity contribution in [1.29, 1.82) is 0 Å². The van der Waals surface area contributed by atoms with Crippen LogP contribution in [0.2, 0.25) is 0 Å². The molecule has 1 aliphatic heterocycles. The lowest BCUT2D eigenvalue weighted by Gasteiger charge is -2.23.